The van der Waals surface area contributed by atoms with Crippen LogP contribution in [0, 0.1) is 5.82 Å². The van der Waals surface area contributed by atoms with E-state index >= 15 is 0 Å². The molecule has 6 heteroatoms. The third kappa shape index (κ3) is 7.98. The van der Waals surface area contributed by atoms with E-state index in [0.717, 1.165) is 11.5 Å². The van der Waals surface area contributed by atoms with Gasteiger partial charge in [0.25, 0.3) is 5.91 Å². The van der Waals surface area contributed by atoms with Crippen LogP contribution in [-0.4, -0.2) is 30.8 Å². The third-order valence-corrected chi connectivity index (χ3v) is 4.34. The molecule has 2 rings (SSSR count). The Morgan fingerprint density at radius 2 is 1.81 bits per heavy atom. The molecule has 136 valence electrons. The van der Waals surface area contributed by atoms with Gasteiger partial charge in [-0.25, -0.2) is 9.18 Å². The van der Waals surface area contributed by atoms with E-state index < -0.39 is 5.97 Å². The summed E-state index contributed by atoms with van der Waals surface area (Å²) in [5.74, 6) is 0.360. The number of halogens is 1. The van der Waals surface area contributed by atoms with E-state index in [9.17, 15) is 14.0 Å². The number of carbonyl (C=O) groups is 2. The second-order valence-corrected chi connectivity index (χ2v) is 6.49. The van der Waals surface area contributed by atoms with Gasteiger partial charge >= 0.3 is 5.97 Å². The second kappa shape index (κ2) is 11.1. The molecule has 1 amide bonds. The van der Waals surface area contributed by atoms with Crippen LogP contribution in [0.3, 0.4) is 0 Å². The maximum atomic E-state index is 12.8. The molecule has 0 aliphatic carbocycles. The van der Waals surface area contributed by atoms with Crippen LogP contribution < -0.4 is 5.32 Å². The Balaban J connectivity index is 1.56. The van der Waals surface area contributed by atoms with Crippen LogP contribution in [0.5, 0.6) is 0 Å². The van der Waals surface area contributed by atoms with E-state index in [2.05, 4.69) is 17.4 Å². The van der Waals surface area contributed by atoms with Crippen molar-refractivity contribution >= 4 is 29.7 Å². The fourth-order valence-electron chi connectivity index (χ4n) is 2.00. The zero-order valence-electron chi connectivity index (χ0n) is 14.2. The zero-order chi connectivity index (χ0) is 18.6. The summed E-state index contributed by atoms with van der Waals surface area (Å²) in [6.45, 7) is 0.190. The van der Waals surface area contributed by atoms with Gasteiger partial charge in [-0.2, -0.15) is 11.8 Å². The summed E-state index contributed by atoms with van der Waals surface area (Å²) >= 11 is 1.72. The van der Waals surface area contributed by atoms with Gasteiger partial charge < -0.3 is 10.1 Å². The lowest BCUT2D eigenvalue weighted by atomic mass is 10.2. The smallest absolute Gasteiger partial charge is 0.331 e. The Morgan fingerprint density at radius 3 is 2.54 bits per heavy atom. The Morgan fingerprint density at radius 1 is 1.08 bits per heavy atom. The van der Waals surface area contributed by atoms with Crippen LogP contribution in [0.15, 0.2) is 60.7 Å². The van der Waals surface area contributed by atoms with Crippen molar-refractivity contribution < 1.29 is 18.7 Å². The van der Waals surface area contributed by atoms with Gasteiger partial charge in [-0.05, 0) is 29.3 Å². The summed E-state index contributed by atoms with van der Waals surface area (Å²) in [7, 11) is 0. The molecule has 1 N–H and O–H groups in total. The van der Waals surface area contributed by atoms with E-state index in [1.165, 1.54) is 29.8 Å². The molecule has 0 aliphatic heterocycles. The molecule has 0 unspecified atom stereocenters. The average molecular weight is 373 g/mol. The molecule has 0 fully saturated rings. The van der Waals surface area contributed by atoms with Crippen molar-refractivity contribution in [3.8, 4) is 0 Å². The number of hydrogen-bond acceptors (Lipinski definition) is 4. The number of benzene rings is 2. The number of carbonyl (C=O) groups excluding carboxylic acids is 2. The SMILES string of the molecule is O=C(COC(=O)/C=C/c1ccc(F)cc1)NCCSCc1ccccc1. The van der Waals surface area contributed by atoms with Crippen molar-refractivity contribution in [3.63, 3.8) is 0 Å². The standard InChI is InChI=1S/C20H20FNO3S/c21-18-9-6-16(7-10-18)8-11-20(24)25-14-19(23)22-12-13-26-15-17-4-2-1-3-5-17/h1-11H,12-15H2,(H,22,23)/b11-8+. The molecule has 0 atom stereocenters. The molecule has 0 heterocycles. The Labute approximate surface area is 156 Å². The molecule has 0 saturated heterocycles. The number of nitrogens with one attached hydrogen (secondary N) is 1. The van der Waals surface area contributed by atoms with Crippen molar-refractivity contribution in [2.24, 2.45) is 0 Å². The van der Waals surface area contributed by atoms with Crippen LogP contribution >= 0.6 is 11.8 Å². The minimum atomic E-state index is -0.622. The van der Waals surface area contributed by atoms with Gasteiger partial charge in [-0.15, -0.1) is 0 Å². The fourth-order valence-corrected chi connectivity index (χ4v) is 2.82. The molecule has 0 radical (unpaired) electrons. The first-order valence-corrected chi connectivity index (χ1v) is 9.28. The largest absolute Gasteiger partial charge is 0.452 e. The van der Waals surface area contributed by atoms with Crippen LogP contribution in [0.25, 0.3) is 6.08 Å². The number of thioether (sulfide) groups is 1. The molecule has 2 aromatic carbocycles. The van der Waals surface area contributed by atoms with Gasteiger partial charge in [-0.3, -0.25) is 4.79 Å². The van der Waals surface area contributed by atoms with Crippen molar-refractivity contribution in [2.75, 3.05) is 18.9 Å². The molecule has 0 bridgehead atoms. The number of ether oxygens (including phenoxy) is 1. The summed E-state index contributed by atoms with van der Waals surface area (Å²) in [4.78, 5) is 23.2. The highest BCUT2D eigenvalue weighted by atomic mass is 32.2. The maximum absolute atomic E-state index is 12.8. The molecule has 0 spiro atoms. The van der Waals surface area contributed by atoms with Gasteiger partial charge in [0.15, 0.2) is 6.61 Å². The average Bonchev–Trinajstić information content (AvgIpc) is 2.66. The molecular weight excluding hydrogens is 353 g/mol. The molecule has 4 nitrogen and oxygen atoms in total. The summed E-state index contributed by atoms with van der Waals surface area (Å²) in [6, 6.07) is 15.8. The van der Waals surface area contributed by atoms with Crippen LogP contribution in [0.4, 0.5) is 4.39 Å². The predicted octanol–water partition coefficient (Wildman–Crippen LogP) is 3.43. The maximum Gasteiger partial charge on any atom is 0.331 e. The second-order valence-electron chi connectivity index (χ2n) is 5.38. The summed E-state index contributed by atoms with van der Waals surface area (Å²) in [5.41, 5.74) is 1.91. The Kier molecular flexibility index (Phi) is 8.42. The summed E-state index contributed by atoms with van der Waals surface area (Å²) in [6.07, 6.45) is 2.70. The third-order valence-electron chi connectivity index (χ3n) is 3.31. The van der Waals surface area contributed by atoms with E-state index in [-0.39, 0.29) is 18.3 Å². The molecule has 0 aromatic heterocycles. The molecule has 0 aliphatic rings. The first kappa shape index (κ1) is 19.7. The van der Waals surface area contributed by atoms with Crippen molar-refractivity contribution in [2.45, 2.75) is 5.75 Å². The lowest BCUT2D eigenvalue weighted by molar-refractivity contribution is -0.143. The van der Waals surface area contributed by atoms with Crippen LogP contribution in [-0.2, 0) is 20.1 Å². The Hall–Kier alpha value is -2.60. The highest BCUT2D eigenvalue weighted by molar-refractivity contribution is 7.98. The number of hydrogen-bond donors (Lipinski definition) is 1. The number of esters is 1. The fraction of sp³-hybridized carbons (Fsp3) is 0.200. The minimum absolute atomic E-state index is 0.323. The van der Waals surface area contributed by atoms with E-state index in [4.69, 9.17) is 4.74 Å². The van der Waals surface area contributed by atoms with Gasteiger partial charge in [0.2, 0.25) is 0 Å². The quantitative estimate of drug-likeness (QED) is 0.416. The van der Waals surface area contributed by atoms with Gasteiger partial charge in [0.1, 0.15) is 5.82 Å². The molecule has 26 heavy (non-hydrogen) atoms. The minimum Gasteiger partial charge on any atom is -0.452 e. The van der Waals surface area contributed by atoms with Crippen molar-refractivity contribution in [1.82, 2.24) is 5.32 Å². The molecule has 0 saturated carbocycles. The Bertz CT molecular complexity index is 732. The lowest BCUT2D eigenvalue weighted by Gasteiger charge is -2.05. The summed E-state index contributed by atoms with van der Waals surface area (Å²) in [5, 5.41) is 2.70. The van der Waals surface area contributed by atoms with Crippen molar-refractivity contribution in [1.29, 1.82) is 0 Å². The first-order chi connectivity index (χ1) is 12.6. The van der Waals surface area contributed by atoms with Crippen molar-refractivity contribution in [3.05, 3.63) is 77.6 Å². The normalized spacial score (nSPS) is 10.7. The van der Waals surface area contributed by atoms with Gasteiger partial charge in [-0.1, -0.05) is 42.5 Å². The van der Waals surface area contributed by atoms with E-state index in [1.54, 1.807) is 23.9 Å². The molecular formula is C20H20FNO3S. The predicted molar refractivity (Wildman–Crippen MR) is 102 cm³/mol. The summed E-state index contributed by atoms with van der Waals surface area (Å²) < 4.78 is 17.6. The first-order valence-electron chi connectivity index (χ1n) is 8.12. The van der Waals surface area contributed by atoms with Crippen LogP contribution in [0.2, 0.25) is 0 Å². The highest BCUT2D eigenvalue weighted by Crippen LogP contribution is 2.10. The zero-order valence-corrected chi connectivity index (χ0v) is 15.0. The van der Waals surface area contributed by atoms with Gasteiger partial charge in [0.05, 0.1) is 0 Å². The lowest BCUT2D eigenvalue weighted by Crippen LogP contribution is -2.30. The number of rotatable bonds is 9. The van der Waals surface area contributed by atoms with E-state index in [0.29, 0.717) is 12.1 Å². The van der Waals surface area contributed by atoms with E-state index in [1.807, 2.05) is 18.2 Å². The van der Waals surface area contributed by atoms with Crippen LogP contribution in [0.1, 0.15) is 11.1 Å². The monoisotopic (exact) mass is 373 g/mol. The van der Waals surface area contributed by atoms with Gasteiger partial charge in [0, 0.05) is 24.1 Å². The number of amides is 1. The highest BCUT2D eigenvalue weighted by Gasteiger charge is 2.04. The molecule has 2 aromatic rings. The topological polar surface area (TPSA) is 55.4 Å².